The first-order valence-electron chi connectivity index (χ1n) is 10.1. The number of nitrogens with zero attached hydrogens (tertiary/aromatic N) is 3. The highest BCUT2D eigenvalue weighted by atomic mass is 79.9. The standard InChI is InChI=1S/C24H16Br3FN4O3/c1-13-30-20-7-6-15(25)10-16(20)24(34)32(13)29-11-14-8-17(26)23(18(27)9-14)35-12-22(33)31-21-5-3-2-4-19(21)28/h2-11H,12H2,1H3,(H,31,33). The Hall–Kier alpha value is -2.89. The molecule has 0 aliphatic heterocycles. The number of hydrogen-bond acceptors (Lipinski definition) is 5. The van der Waals surface area contributed by atoms with Crippen LogP contribution in [0.2, 0.25) is 0 Å². The van der Waals surface area contributed by atoms with Crippen molar-refractivity contribution >= 4 is 76.5 Å². The molecule has 0 atom stereocenters. The summed E-state index contributed by atoms with van der Waals surface area (Å²) in [4.78, 5) is 29.5. The lowest BCUT2D eigenvalue weighted by Crippen LogP contribution is -2.21. The molecule has 0 aliphatic carbocycles. The van der Waals surface area contributed by atoms with Crippen LogP contribution in [0, 0.1) is 12.7 Å². The Balaban J connectivity index is 1.52. The number of amides is 1. The molecule has 35 heavy (non-hydrogen) atoms. The van der Waals surface area contributed by atoms with Gasteiger partial charge in [-0.1, -0.05) is 28.1 Å². The van der Waals surface area contributed by atoms with Gasteiger partial charge in [-0.05, 0) is 86.8 Å². The summed E-state index contributed by atoms with van der Waals surface area (Å²) in [7, 11) is 0. The molecule has 0 bridgehead atoms. The van der Waals surface area contributed by atoms with Gasteiger partial charge in [-0.2, -0.15) is 9.78 Å². The maximum atomic E-state index is 13.7. The zero-order chi connectivity index (χ0) is 25.1. The molecule has 4 aromatic rings. The second kappa shape index (κ2) is 10.8. The minimum Gasteiger partial charge on any atom is -0.481 e. The minimum absolute atomic E-state index is 0.0758. The van der Waals surface area contributed by atoms with E-state index in [-0.39, 0.29) is 17.9 Å². The number of nitrogens with one attached hydrogen (secondary N) is 1. The number of aromatic nitrogens is 2. The highest BCUT2D eigenvalue weighted by Crippen LogP contribution is 2.34. The number of anilines is 1. The normalized spacial score (nSPS) is 11.2. The van der Waals surface area contributed by atoms with E-state index in [1.54, 1.807) is 37.3 Å². The van der Waals surface area contributed by atoms with Gasteiger partial charge in [-0.3, -0.25) is 9.59 Å². The van der Waals surface area contributed by atoms with Gasteiger partial charge >= 0.3 is 0 Å². The molecule has 3 aromatic carbocycles. The summed E-state index contributed by atoms with van der Waals surface area (Å²) < 4.78 is 22.4. The van der Waals surface area contributed by atoms with E-state index in [2.05, 4.69) is 63.2 Å². The third-order valence-corrected chi connectivity index (χ3v) is 6.48. The molecule has 4 rings (SSSR count). The van der Waals surface area contributed by atoms with E-state index in [0.717, 1.165) is 4.47 Å². The van der Waals surface area contributed by atoms with Gasteiger partial charge in [0.1, 0.15) is 17.4 Å². The van der Waals surface area contributed by atoms with Gasteiger partial charge in [0, 0.05) is 4.47 Å². The van der Waals surface area contributed by atoms with Crippen LogP contribution in [0.15, 0.2) is 77.9 Å². The van der Waals surface area contributed by atoms with E-state index in [0.29, 0.717) is 37.0 Å². The number of benzene rings is 3. The second-order valence-corrected chi connectivity index (χ2v) is 9.94. The average Bonchev–Trinajstić information content (AvgIpc) is 2.80. The summed E-state index contributed by atoms with van der Waals surface area (Å²) in [5.41, 5.74) is 1.04. The van der Waals surface area contributed by atoms with Crippen LogP contribution in [0.5, 0.6) is 5.75 Å². The molecule has 178 valence electrons. The number of aryl methyl sites for hydroxylation is 1. The molecule has 0 aliphatic rings. The number of fused-ring (bicyclic) bond motifs is 1. The summed E-state index contributed by atoms with van der Waals surface area (Å²) in [5.74, 6) is -0.211. The van der Waals surface area contributed by atoms with Gasteiger partial charge in [-0.15, -0.1) is 0 Å². The van der Waals surface area contributed by atoms with Crippen molar-refractivity contribution in [3.8, 4) is 5.75 Å². The lowest BCUT2D eigenvalue weighted by atomic mass is 10.2. The summed E-state index contributed by atoms with van der Waals surface area (Å²) >= 11 is 10.2. The minimum atomic E-state index is -0.532. The molecule has 0 saturated heterocycles. The lowest BCUT2D eigenvalue weighted by molar-refractivity contribution is -0.118. The van der Waals surface area contributed by atoms with Crippen LogP contribution in [0.4, 0.5) is 10.1 Å². The van der Waals surface area contributed by atoms with E-state index in [1.165, 1.54) is 29.1 Å². The third-order valence-electron chi connectivity index (χ3n) is 4.81. The van der Waals surface area contributed by atoms with Crippen molar-refractivity contribution in [2.45, 2.75) is 6.92 Å². The summed E-state index contributed by atoms with van der Waals surface area (Å²) in [6, 6.07) is 14.6. The Kier molecular flexibility index (Phi) is 7.78. The van der Waals surface area contributed by atoms with Gasteiger partial charge in [0.15, 0.2) is 6.61 Å². The molecule has 1 amide bonds. The third kappa shape index (κ3) is 5.85. The van der Waals surface area contributed by atoms with Crippen LogP contribution >= 0.6 is 47.8 Å². The maximum absolute atomic E-state index is 13.7. The Bertz CT molecular complexity index is 1520. The zero-order valence-electron chi connectivity index (χ0n) is 18.1. The fraction of sp³-hybridized carbons (Fsp3) is 0.0833. The highest BCUT2D eigenvalue weighted by molar-refractivity contribution is 9.11. The van der Waals surface area contributed by atoms with Crippen molar-refractivity contribution < 1.29 is 13.9 Å². The molecule has 0 fully saturated rings. The summed E-state index contributed by atoms with van der Waals surface area (Å²) in [6.45, 7) is 1.38. The molecule has 0 unspecified atom stereocenters. The number of hydrogen-bond donors (Lipinski definition) is 1. The number of carbonyl (C=O) groups is 1. The van der Waals surface area contributed by atoms with Crippen LogP contribution < -0.4 is 15.6 Å². The predicted molar refractivity (Wildman–Crippen MR) is 144 cm³/mol. The molecule has 1 aromatic heterocycles. The monoisotopic (exact) mass is 664 g/mol. The SMILES string of the molecule is Cc1nc2ccc(Br)cc2c(=O)n1N=Cc1cc(Br)c(OCC(=O)Nc2ccccc2F)c(Br)c1. The van der Waals surface area contributed by atoms with Crippen molar-refractivity contribution in [1.29, 1.82) is 0 Å². The van der Waals surface area contributed by atoms with E-state index in [1.807, 2.05) is 6.07 Å². The molecule has 0 radical (unpaired) electrons. The molecule has 1 heterocycles. The molecule has 1 N–H and O–H groups in total. The van der Waals surface area contributed by atoms with Crippen LogP contribution in [-0.2, 0) is 4.79 Å². The summed E-state index contributed by atoms with van der Waals surface area (Å²) in [6.07, 6.45) is 1.52. The van der Waals surface area contributed by atoms with Gasteiger partial charge in [-0.25, -0.2) is 9.37 Å². The number of ether oxygens (including phenoxy) is 1. The fourth-order valence-corrected chi connectivity index (χ4v) is 5.01. The Morgan fingerprint density at radius 1 is 1.14 bits per heavy atom. The molecular formula is C24H16Br3FN4O3. The molecular weight excluding hydrogens is 651 g/mol. The van der Waals surface area contributed by atoms with Crippen LogP contribution in [-0.4, -0.2) is 28.4 Å². The van der Waals surface area contributed by atoms with Crippen LogP contribution in [0.25, 0.3) is 10.9 Å². The van der Waals surface area contributed by atoms with Gasteiger partial charge in [0.25, 0.3) is 11.5 Å². The summed E-state index contributed by atoms with van der Waals surface area (Å²) in [5, 5.41) is 7.23. The quantitative estimate of drug-likeness (QED) is 0.255. The Morgan fingerprint density at radius 2 is 1.86 bits per heavy atom. The fourth-order valence-electron chi connectivity index (χ4n) is 3.20. The number of halogens is 4. The topological polar surface area (TPSA) is 85.6 Å². The first kappa shape index (κ1) is 25.2. The lowest BCUT2D eigenvalue weighted by Gasteiger charge is -2.12. The first-order chi connectivity index (χ1) is 16.7. The van der Waals surface area contributed by atoms with Crippen LogP contribution in [0.1, 0.15) is 11.4 Å². The van der Waals surface area contributed by atoms with Crippen molar-refractivity contribution in [3.63, 3.8) is 0 Å². The molecule has 7 nitrogen and oxygen atoms in total. The predicted octanol–water partition coefficient (Wildman–Crippen LogP) is 6.03. The highest BCUT2D eigenvalue weighted by Gasteiger charge is 2.13. The van der Waals surface area contributed by atoms with Gasteiger partial charge in [0.05, 0.1) is 31.8 Å². The average molecular weight is 667 g/mol. The van der Waals surface area contributed by atoms with Crippen LogP contribution in [0.3, 0.4) is 0 Å². The smallest absolute Gasteiger partial charge is 0.282 e. The van der Waals surface area contributed by atoms with Crippen molar-refractivity contribution in [1.82, 2.24) is 9.66 Å². The van der Waals surface area contributed by atoms with E-state index >= 15 is 0 Å². The van der Waals surface area contributed by atoms with E-state index in [9.17, 15) is 14.0 Å². The van der Waals surface area contributed by atoms with E-state index < -0.39 is 11.7 Å². The molecule has 11 heteroatoms. The Labute approximate surface area is 224 Å². The molecule has 0 saturated carbocycles. The Morgan fingerprint density at radius 3 is 2.57 bits per heavy atom. The van der Waals surface area contributed by atoms with Crippen molar-refractivity contribution in [2.24, 2.45) is 5.10 Å². The van der Waals surface area contributed by atoms with Crippen molar-refractivity contribution in [2.75, 3.05) is 11.9 Å². The maximum Gasteiger partial charge on any atom is 0.282 e. The second-order valence-electron chi connectivity index (χ2n) is 7.31. The number of carbonyl (C=O) groups excluding carboxylic acids is 1. The number of para-hydroxylation sites is 1. The first-order valence-corrected chi connectivity index (χ1v) is 12.5. The zero-order valence-corrected chi connectivity index (χ0v) is 22.8. The van der Waals surface area contributed by atoms with E-state index in [4.69, 9.17) is 4.74 Å². The van der Waals surface area contributed by atoms with Gasteiger partial charge < -0.3 is 10.1 Å². The van der Waals surface area contributed by atoms with Gasteiger partial charge in [0.2, 0.25) is 0 Å². The van der Waals surface area contributed by atoms with Crippen molar-refractivity contribution in [3.05, 3.63) is 95.6 Å². The molecule has 0 spiro atoms. The number of rotatable bonds is 6. The largest absolute Gasteiger partial charge is 0.481 e.